The molecule has 3 rings (SSSR count). The highest BCUT2D eigenvalue weighted by Crippen LogP contribution is 2.68. The summed E-state index contributed by atoms with van der Waals surface area (Å²) in [6.07, 6.45) is 5.72. The first-order valence-corrected chi connectivity index (χ1v) is 7.44. The Balaban J connectivity index is 1.83. The van der Waals surface area contributed by atoms with E-state index in [1.54, 1.807) is 0 Å². The van der Waals surface area contributed by atoms with E-state index in [0.717, 1.165) is 18.5 Å². The first-order valence-electron chi connectivity index (χ1n) is 6.65. The number of hydrogen-bond acceptors (Lipinski definition) is 1. The number of likely N-dealkylation sites (N-methyl/N-ethyl adjacent to an activating group) is 1. The Hall–Kier alpha value is -0.340. The lowest BCUT2D eigenvalue weighted by Gasteiger charge is -2.49. The van der Waals surface area contributed by atoms with Gasteiger partial charge in [0.1, 0.15) is 0 Å². The molecule has 1 nitrogen and oxygen atoms in total. The molecule has 0 saturated heterocycles. The molecule has 2 saturated carbocycles. The normalized spacial score (nSPS) is 23.4. The fourth-order valence-corrected chi connectivity index (χ4v) is 3.93. The molecule has 0 atom stereocenters. The summed E-state index contributed by atoms with van der Waals surface area (Å²) in [5.74, 6) is 0. The molecule has 0 unspecified atom stereocenters. The summed E-state index contributed by atoms with van der Waals surface area (Å²) >= 11 is 3.60. The van der Waals surface area contributed by atoms with E-state index in [1.807, 2.05) is 0 Å². The van der Waals surface area contributed by atoms with E-state index in [2.05, 4.69) is 52.4 Å². The number of benzene rings is 1. The van der Waals surface area contributed by atoms with Gasteiger partial charge < -0.3 is 5.32 Å². The fraction of sp³-hybridized carbons (Fsp3) is 0.600. The van der Waals surface area contributed by atoms with E-state index >= 15 is 0 Å². The van der Waals surface area contributed by atoms with Gasteiger partial charge >= 0.3 is 0 Å². The minimum absolute atomic E-state index is 0.413. The zero-order valence-corrected chi connectivity index (χ0v) is 12.0. The van der Waals surface area contributed by atoms with E-state index < -0.39 is 0 Å². The van der Waals surface area contributed by atoms with Gasteiger partial charge in [-0.05, 0) is 55.3 Å². The minimum Gasteiger partial charge on any atom is -0.316 e. The topological polar surface area (TPSA) is 12.0 Å². The molecule has 0 heterocycles. The first kappa shape index (κ1) is 11.7. The highest BCUT2D eigenvalue weighted by Gasteiger charge is 2.60. The minimum atomic E-state index is 0.413. The van der Waals surface area contributed by atoms with Crippen molar-refractivity contribution in [2.45, 2.75) is 38.0 Å². The van der Waals surface area contributed by atoms with Crippen LogP contribution in [0.4, 0.5) is 0 Å². The zero-order chi connectivity index (χ0) is 11.9. The standard InChI is InChI=1S/C15H20BrN/c1-2-17-11-15(9-14(10-15)6-7-14)12-4-3-5-13(16)8-12/h3-5,8,17H,2,6-7,9-11H2,1H3. The first-order chi connectivity index (χ1) is 8.18. The van der Waals surface area contributed by atoms with Crippen LogP contribution < -0.4 is 5.32 Å². The highest BCUT2D eigenvalue weighted by molar-refractivity contribution is 9.10. The number of rotatable bonds is 4. The average molecular weight is 294 g/mol. The van der Waals surface area contributed by atoms with Crippen LogP contribution in [0.25, 0.3) is 0 Å². The maximum atomic E-state index is 3.60. The Bertz CT molecular complexity index is 415. The molecule has 0 aromatic heterocycles. The molecule has 1 aromatic carbocycles. The molecule has 0 aliphatic heterocycles. The van der Waals surface area contributed by atoms with Gasteiger partial charge in [-0.15, -0.1) is 0 Å². The van der Waals surface area contributed by atoms with E-state index in [9.17, 15) is 0 Å². The molecule has 92 valence electrons. The third-order valence-corrected chi connectivity index (χ3v) is 5.03. The van der Waals surface area contributed by atoms with Crippen molar-refractivity contribution in [2.24, 2.45) is 5.41 Å². The molecule has 2 fully saturated rings. The van der Waals surface area contributed by atoms with E-state index in [1.165, 1.54) is 35.7 Å². The van der Waals surface area contributed by atoms with E-state index in [0.29, 0.717) is 5.41 Å². The van der Waals surface area contributed by atoms with Crippen molar-refractivity contribution in [1.82, 2.24) is 5.32 Å². The van der Waals surface area contributed by atoms with Crippen LogP contribution in [0.3, 0.4) is 0 Å². The van der Waals surface area contributed by atoms with Gasteiger partial charge in [-0.1, -0.05) is 35.0 Å². The van der Waals surface area contributed by atoms with Gasteiger partial charge in [0.15, 0.2) is 0 Å². The molecule has 2 aliphatic carbocycles. The van der Waals surface area contributed by atoms with Gasteiger partial charge in [-0.25, -0.2) is 0 Å². The van der Waals surface area contributed by atoms with Crippen molar-refractivity contribution >= 4 is 15.9 Å². The van der Waals surface area contributed by atoms with Crippen LogP contribution in [0.2, 0.25) is 0 Å². The van der Waals surface area contributed by atoms with Crippen molar-refractivity contribution in [3.63, 3.8) is 0 Å². The van der Waals surface area contributed by atoms with Gasteiger partial charge in [0.25, 0.3) is 0 Å². The number of hydrogen-bond donors (Lipinski definition) is 1. The second kappa shape index (κ2) is 4.10. The Labute approximate surface area is 112 Å². The molecule has 1 spiro atoms. The quantitative estimate of drug-likeness (QED) is 0.889. The lowest BCUT2D eigenvalue weighted by atomic mass is 9.56. The molecule has 17 heavy (non-hydrogen) atoms. The maximum absolute atomic E-state index is 3.60. The van der Waals surface area contributed by atoms with Crippen LogP contribution >= 0.6 is 15.9 Å². The van der Waals surface area contributed by atoms with E-state index in [4.69, 9.17) is 0 Å². The third kappa shape index (κ3) is 2.06. The summed E-state index contributed by atoms with van der Waals surface area (Å²) < 4.78 is 1.21. The molecule has 0 amide bonds. The van der Waals surface area contributed by atoms with Crippen LogP contribution in [0.15, 0.2) is 28.7 Å². The van der Waals surface area contributed by atoms with Gasteiger partial charge in [-0.2, -0.15) is 0 Å². The molecule has 0 bridgehead atoms. The highest BCUT2D eigenvalue weighted by atomic mass is 79.9. The number of nitrogens with one attached hydrogen (secondary N) is 1. The van der Waals surface area contributed by atoms with Crippen molar-refractivity contribution in [3.8, 4) is 0 Å². The summed E-state index contributed by atoms with van der Waals surface area (Å²) in [4.78, 5) is 0. The van der Waals surface area contributed by atoms with Crippen molar-refractivity contribution in [3.05, 3.63) is 34.3 Å². The average Bonchev–Trinajstić information content (AvgIpc) is 3.04. The van der Waals surface area contributed by atoms with E-state index in [-0.39, 0.29) is 0 Å². The van der Waals surface area contributed by atoms with Gasteiger partial charge in [-0.3, -0.25) is 0 Å². The molecule has 2 heteroatoms. The number of halogens is 1. The predicted molar refractivity (Wildman–Crippen MR) is 75.3 cm³/mol. The summed E-state index contributed by atoms with van der Waals surface area (Å²) in [7, 11) is 0. The van der Waals surface area contributed by atoms with Crippen LogP contribution in [-0.4, -0.2) is 13.1 Å². The lowest BCUT2D eigenvalue weighted by molar-refractivity contribution is 0.117. The summed E-state index contributed by atoms with van der Waals surface area (Å²) in [5.41, 5.74) is 2.68. The summed E-state index contributed by atoms with van der Waals surface area (Å²) in [6, 6.07) is 8.91. The molecular formula is C15H20BrN. The second-order valence-corrected chi connectivity index (χ2v) is 6.84. The maximum Gasteiger partial charge on any atom is 0.0178 e. The molecule has 0 radical (unpaired) electrons. The van der Waals surface area contributed by atoms with Crippen LogP contribution in [0.5, 0.6) is 0 Å². The summed E-state index contributed by atoms with van der Waals surface area (Å²) in [5, 5.41) is 3.56. The van der Waals surface area contributed by atoms with Gasteiger partial charge in [0.05, 0.1) is 0 Å². The second-order valence-electron chi connectivity index (χ2n) is 5.92. The molecular weight excluding hydrogens is 274 g/mol. The molecule has 1 N–H and O–H groups in total. The Morgan fingerprint density at radius 1 is 1.29 bits per heavy atom. The lowest BCUT2D eigenvalue weighted by Crippen LogP contribution is -2.49. The molecule has 1 aromatic rings. The van der Waals surface area contributed by atoms with Crippen LogP contribution in [0, 0.1) is 5.41 Å². The monoisotopic (exact) mass is 293 g/mol. The third-order valence-electron chi connectivity index (χ3n) is 4.53. The van der Waals surface area contributed by atoms with Crippen molar-refractivity contribution < 1.29 is 0 Å². The smallest absolute Gasteiger partial charge is 0.0178 e. The SMILES string of the molecule is CCNCC1(c2cccc(Br)c2)CC2(CC2)C1. The van der Waals surface area contributed by atoms with Crippen molar-refractivity contribution in [1.29, 1.82) is 0 Å². The Kier molecular flexibility index (Phi) is 2.83. The van der Waals surface area contributed by atoms with Crippen LogP contribution in [-0.2, 0) is 5.41 Å². The summed E-state index contributed by atoms with van der Waals surface area (Å²) in [6.45, 7) is 4.41. The Morgan fingerprint density at radius 3 is 2.65 bits per heavy atom. The largest absolute Gasteiger partial charge is 0.316 e. The van der Waals surface area contributed by atoms with Gasteiger partial charge in [0, 0.05) is 16.4 Å². The van der Waals surface area contributed by atoms with Crippen LogP contribution in [0.1, 0.15) is 38.2 Å². The zero-order valence-electron chi connectivity index (χ0n) is 10.4. The fourth-order valence-electron chi connectivity index (χ4n) is 3.53. The van der Waals surface area contributed by atoms with Gasteiger partial charge in [0.2, 0.25) is 0 Å². The Morgan fingerprint density at radius 2 is 2.06 bits per heavy atom. The molecule has 2 aliphatic rings. The van der Waals surface area contributed by atoms with Crippen molar-refractivity contribution in [2.75, 3.05) is 13.1 Å². The predicted octanol–water partition coefficient (Wildman–Crippen LogP) is 3.87.